The number of benzene rings is 2. The summed E-state index contributed by atoms with van der Waals surface area (Å²) in [6, 6.07) is 14.7. The fraction of sp³-hybridized carbons (Fsp3) is 0.222. The lowest BCUT2D eigenvalue weighted by Gasteiger charge is -2.12. The highest BCUT2D eigenvalue weighted by Crippen LogP contribution is 2.21. The molecule has 0 heterocycles. The van der Waals surface area contributed by atoms with Gasteiger partial charge in [-0.1, -0.05) is 6.07 Å². The van der Waals surface area contributed by atoms with Gasteiger partial charge in [0.1, 0.15) is 0 Å². The van der Waals surface area contributed by atoms with Gasteiger partial charge in [0.15, 0.2) is 0 Å². The van der Waals surface area contributed by atoms with Crippen LogP contribution < -0.4 is 21.3 Å². The van der Waals surface area contributed by atoms with Crippen molar-refractivity contribution in [2.75, 3.05) is 16.0 Å². The van der Waals surface area contributed by atoms with Crippen LogP contribution in [0.1, 0.15) is 20.8 Å². The predicted octanol–water partition coefficient (Wildman–Crippen LogP) is 3.92. The molecule has 0 aliphatic carbocycles. The summed E-state index contributed by atoms with van der Waals surface area (Å²) in [4.78, 5) is 22.8. The largest absolute Gasteiger partial charge is 0.355 e. The molecule has 24 heavy (non-hydrogen) atoms. The molecule has 2 rings (SSSR count). The van der Waals surface area contributed by atoms with Crippen LogP contribution in [0.5, 0.6) is 0 Å². The minimum atomic E-state index is -0.228. The van der Waals surface area contributed by atoms with E-state index in [1.54, 1.807) is 0 Å². The van der Waals surface area contributed by atoms with Crippen molar-refractivity contribution in [3.63, 3.8) is 0 Å². The standard InChI is InChI=1S/C18H22N4O2/c1-12(2)19-18(24)22-15-9-7-14(8-10-15)21-17-6-4-5-16(11-17)20-13(3)23/h4-12,21H,1-3H3,(H,20,23)(H2,19,22,24). The lowest BCUT2D eigenvalue weighted by atomic mass is 10.2. The van der Waals surface area contributed by atoms with E-state index < -0.39 is 0 Å². The Morgan fingerprint density at radius 2 is 1.46 bits per heavy atom. The highest BCUT2D eigenvalue weighted by molar-refractivity contribution is 5.90. The maximum absolute atomic E-state index is 11.7. The van der Waals surface area contributed by atoms with E-state index in [-0.39, 0.29) is 18.0 Å². The molecule has 0 unspecified atom stereocenters. The zero-order chi connectivity index (χ0) is 17.5. The molecule has 6 nitrogen and oxygen atoms in total. The Morgan fingerprint density at radius 3 is 2.08 bits per heavy atom. The second kappa shape index (κ2) is 8.01. The van der Waals surface area contributed by atoms with Gasteiger partial charge in [-0.15, -0.1) is 0 Å². The second-order valence-electron chi connectivity index (χ2n) is 5.72. The third kappa shape index (κ3) is 5.64. The van der Waals surface area contributed by atoms with E-state index in [1.165, 1.54) is 6.92 Å². The van der Waals surface area contributed by atoms with Crippen LogP contribution in [0.15, 0.2) is 48.5 Å². The third-order valence-electron chi connectivity index (χ3n) is 3.03. The number of anilines is 4. The Balaban J connectivity index is 1.99. The number of hydrogen-bond donors (Lipinski definition) is 4. The van der Waals surface area contributed by atoms with E-state index >= 15 is 0 Å². The Labute approximate surface area is 141 Å². The molecule has 2 aromatic carbocycles. The van der Waals surface area contributed by atoms with E-state index in [0.717, 1.165) is 17.1 Å². The molecular formula is C18H22N4O2. The molecule has 0 saturated heterocycles. The molecule has 0 aliphatic heterocycles. The molecule has 3 amide bonds. The maximum atomic E-state index is 11.7. The van der Waals surface area contributed by atoms with Crippen molar-refractivity contribution in [3.8, 4) is 0 Å². The lowest BCUT2D eigenvalue weighted by Crippen LogP contribution is -2.34. The minimum absolute atomic E-state index is 0.0850. The lowest BCUT2D eigenvalue weighted by molar-refractivity contribution is -0.114. The maximum Gasteiger partial charge on any atom is 0.319 e. The van der Waals surface area contributed by atoms with Gasteiger partial charge >= 0.3 is 6.03 Å². The van der Waals surface area contributed by atoms with Crippen molar-refractivity contribution in [1.82, 2.24) is 5.32 Å². The Morgan fingerprint density at radius 1 is 0.833 bits per heavy atom. The summed E-state index contributed by atoms with van der Waals surface area (Å²) in [7, 11) is 0. The average molecular weight is 326 g/mol. The first-order valence-corrected chi connectivity index (χ1v) is 7.74. The molecule has 0 aromatic heterocycles. The van der Waals surface area contributed by atoms with Crippen molar-refractivity contribution in [1.29, 1.82) is 0 Å². The first-order valence-electron chi connectivity index (χ1n) is 7.74. The summed E-state index contributed by atoms with van der Waals surface area (Å²) < 4.78 is 0. The highest BCUT2D eigenvalue weighted by Gasteiger charge is 2.03. The molecule has 0 aliphatic rings. The van der Waals surface area contributed by atoms with E-state index in [9.17, 15) is 9.59 Å². The van der Waals surface area contributed by atoms with Crippen molar-refractivity contribution in [2.45, 2.75) is 26.8 Å². The molecule has 0 bridgehead atoms. The van der Waals surface area contributed by atoms with Crippen LogP contribution in [0.25, 0.3) is 0 Å². The third-order valence-corrected chi connectivity index (χ3v) is 3.03. The molecule has 0 atom stereocenters. The minimum Gasteiger partial charge on any atom is -0.355 e. The number of carbonyl (C=O) groups is 2. The van der Waals surface area contributed by atoms with Gasteiger partial charge in [-0.05, 0) is 56.3 Å². The second-order valence-corrected chi connectivity index (χ2v) is 5.72. The zero-order valence-corrected chi connectivity index (χ0v) is 14.0. The monoisotopic (exact) mass is 326 g/mol. The number of amides is 3. The van der Waals surface area contributed by atoms with E-state index in [2.05, 4.69) is 21.3 Å². The van der Waals surface area contributed by atoms with Crippen LogP contribution in [-0.4, -0.2) is 18.0 Å². The van der Waals surface area contributed by atoms with Gasteiger partial charge in [-0.3, -0.25) is 4.79 Å². The van der Waals surface area contributed by atoms with Gasteiger partial charge in [0, 0.05) is 35.7 Å². The van der Waals surface area contributed by atoms with Crippen LogP contribution in [0.2, 0.25) is 0 Å². The Hall–Kier alpha value is -3.02. The van der Waals surface area contributed by atoms with Gasteiger partial charge < -0.3 is 21.3 Å². The van der Waals surface area contributed by atoms with Crippen molar-refractivity contribution in [3.05, 3.63) is 48.5 Å². The molecular weight excluding hydrogens is 304 g/mol. The molecule has 2 aromatic rings. The summed E-state index contributed by atoms with van der Waals surface area (Å²) >= 11 is 0. The number of carbonyl (C=O) groups excluding carboxylic acids is 2. The topological polar surface area (TPSA) is 82.3 Å². The fourth-order valence-corrected chi connectivity index (χ4v) is 2.11. The molecule has 0 spiro atoms. The van der Waals surface area contributed by atoms with E-state index in [1.807, 2.05) is 62.4 Å². The summed E-state index contributed by atoms with van der Waals surface area (Å²) in [5, 5.41) is 11.5. The highest BCUT2D eigenvalue weighted by atomic mass is 16.2. The number of rotatable bonds is 5. The van der Waals surface area contributed by atoms with Crippen LogP contribution >= 0.6 is 0 Å². The van der Waals surface area contributed by atoms with Gasteiger partial charge in [-0.2, -0.15) is 0 Å². The van der Waals surface area contributed by atoms with Crippen LogP contribution in [0.4, 0.5) is 27.5 Å². The van der Waals surface area contributed by atoms with Crippen LogP contribution in [0, 0.1) is 0 Å². The Kier molecular flexibility index (Phi) is 5.78. The molecule has 0 fully saturated rings. The average Bonchev–Trinajstić information content (AvgIpc) is 2.48. The zero-order valence-electron chi connectivity index (χ0n) is 14.0. The van der Waals surface area contributed by atoms with Crippen LogP contribution in [-0.2, 0) is 4.79 Å². The van der Waals surface area contributed by atoms with Gasteiger partial charge in [-0.25, -0.2) is 4.79 Å². The smallest absolute Gasteiger partial charge is 0.319 e. The number of nitrogens with one attached hydrogen (secondary N) is 4. The quantitative estimate of drug-likeness (QED) is 0.672. The van der Waals surface area contributed by atoms with Crippen molar-refractivity contribution < 1.29 is 9.59 Å². The first kappa shape index (κ1) is 17.3. The predicted molar refractivity (Wildman–Crippen MR) is 97.8 cm³/mol. The summed E-state index contributed by atoms with van der Waals surface area (Å²) in [6.45, 7) is 5.28. The SMILES string of the molecule is CC(=O)Nc1cccc(Nc2ccc(NC(=O)NC(C)C)cc2)c1. The number of hydrogen-bond acceptors (Lipinski definition) is 3. The van der Waals surface area contributed by atoms with Crippen molar-refractivity contribution in [2.24, 2.45) is 0 Å². The van der Waals surface area contributed by atoms with Gasteiger partial charge in [0.25, 0.3) is 0 Å². The summed E-state index contributed by atoms with van der Waals surface area (Å²) in [5.41, 5.74) is 3.19. The fourth-order valence-electron chi connectivity index (χ4n) is 2.11. The molecule has 4 N–H and O–H groups in total. The van der Waals surface area contributed by atoms with E-state index in [0.29, 0.717) is 5.69 Å². The van der Waals surface area contributed by atoms with Gasteiger partial charge in [0.05, 0.1) is 0 Å². The first-order chi connectivity index (χ1) is 11.4. The molecule has 6 heteroatoms. The summed E-state index contributed by atoms with van der Waals surface area (Å²) in [6.07, 6.45) is 0. The van der Waals surface area contributed by atoms with E-state index in [4.69, 9.17) is 0 Å². The molecule has 0 saturated carbocycles. The Bertz CT molecular complexity index is 711. The van der Waals surface area contributed by atoms with Crippen molar-refractivity contribution >= 4 is 34.7 Å². The normalized spacial score (nSPS) is 10.2. The number of urea groups is 1. The molecule has 126 valence electrons. The van der Waals surface area contributed by atoms with Crippen LogP contribution in [0.3, 0.4) is 0 Å². The summed E-state index contributed by atoms with van der Waals surface area (Å²) in [5.74, 6) is -0.109. The molecule has 0 radical (unpaired) electrons. The van der Waals surface area contributed by atoms with Gasteiger partial charge in [0.2, 0.25) is 5.91 Å².